The van der Waals surface area contributed by atoms with Gasteiger partial charge >= 0.3 is 5.97 Å². The van der Waals surface area contributed by atoms with Gasteiger partial charge in [-0.3, -0.25) is 4.90 Å². The predicted molar refractivity (Wildman–Crippen MR) is 101 cm³/mol. The van der Waals surface area contributed by atoms with E-state index in [1.54, 1.807) is 20.1 Å². The van der Waals surface area contributed by atoms with E-state index in [0.717, 1.165) is 36.7 Å². The van der Waals surface area contributed by atoms with Crippen LogP contribution in [0.15, 0.2) is 40.8 Å². The molecular formula is C19H25ClN2O4. The van der Waals surface area contributed by atoms with Gasteiger partial charge in [0.15, 0.2) is 0 Å². The Balaban J connectivity index is 0.00000243. The van der Waals surface area contributed by atoms with Gasteiger partial charge in [0, 0.05) is 25.2 Å². The molecule has 0 radical (unpaired) electrons. The number of benzene rings is 1. The maximum Gasteiger partial charge on any atom is 0.374 e. The normalized spacial score (nSPS) is 17.4. The van der Waals surface area contributed by atoms with Gasteiger partial charge in [0.1, 0.15) is 11.5 Å². The number of hydrogen-bond acceptors (Lipinski definition) is 6. The monoisotopic (exact) mass is 380 g/mol. The second kappa shape index (κ2) is 9.62. The lowest BCUT2D eigenvalue weighted by Crippen LogP contribution is -2.45. The molecule has 1 aromatic carbocycles. The molecule has 2 heterocycles. The van der Waals surface area contributed by atoms with Crippen LogP contribution in [0.2, 0.25) is 0 Å². The molecule has 1 aliphatic rings. The Labute approximate surface area is 159 Å². The summed E-state index contributed by atoms with van der Waals surface area (Å²) >= 11 is 0. The summed E-state index contributed by atoms with van der Waals surface area (Å²) in [6, 6.07) is 11.8. The first kappa shape index (κ1) is 20.3. The van der Waals surface area contributed by atoms with Crippen molar-refractivity contribution in [3.8, 4) is 5.75 Å². The van der Waals surface area contributed by atoms with Crippen LogP contribution in [0.25, 0.3) is 0 Å². The number of esters is 1. The molecule has 6 nitrogen and oxygen atoms in total. The van der Waals surface area contributed by atoms with E-state index in [2.05, 4.69) is 16.3 Å². The minimum atomic E-state index is -0.421. The summed E-state index contributed by atoms with van der Waals surface area (Å²) in [4.78, 5) is 14.1. The first-order valence-corrected chi connectivity index (χ1v) is 8.56. The fraction of sp³-hybridized carbons (Fsp3) is 0.421. The molecule has 1 saturated heterocycles. The van der Waals surface area contributed by atoms with E-state index in [1.165, 1.54) is 0 Å². The summed E-state index contributed by atoms with van der Waals surface area (Å²) in [5.41, 5.74) is 1.15. The van der Waals surface area contributed by atoms with Gasteiger partial charge in [-0.05, 0) is 25.1 Å². The van der Waals surface area contributed by atoms with Gasteiger partial charge in [-0.1, -0.05) is 18.2 Å². The first-order chi connectivity index (χ1) is 12.2. The number of para-hydroxylation sites is 1. The predicted octanol–water partition coefficient (Wildman–Crippen LogP) is 3.03. The minimum absolute atomic E-state index is 0. The molecular weight excluding hydrogens is 356 g/mol. The average Bonchev–Trinajstić information content (AvgIpc) is 3.11. The summed E-state index contributed by atoms with van der Waals surface area (Å²) in [5, 5.41) is 3.44. The van der Waals surface area contributed by atoms with Gasteiger partial charge in [-0.25, -0.2) is 4.79 Å². The molecule has 7 heteroatoms. The topological polar surface area (TPSA) is 63.9 Å². The first-order valence-electron chi connectivity index (χ1n) is 8.56. The second-order valence-electron chi connectivity index (χ2n) is 5.92. The Bertz CT molecular complexity index is 719. The summed E-state index contributed by atoms with van der Waals surface area (Å²) in [5.74, 6) is 1.47. The van der Waals surface area contributed by atoms with Gasteiger partial charge in [-0.15, -0.1) is 12.4 Å². The fourth-order valence-electron chi connectivity index (χ4n) is 3.16. The maximum absolute atomic E-state index is 11.8. The van der Waals surface area contributed by atoms with Gasteiger partial charge < -0.3 is 19.2 Å². The molecule has 0 saturated carbocycles. The Hall–Kier alpha value is -2.02. The lowest BCUT2D eigenvalue weighted by atomic mass is 10.0. The Morgan fingerprint density at radius 1 is 1.31 bits per heavy atom. The van der Waals surface area contributed by atoms with Crippen LogP contribution in [0.3, 0.4) is 0 Å². The molecule has 1 atom stereocenters. The number of furan rings is 1. The molecule has 26 heavy (non-hydrogen) atoms. The molecule has 1 aromatic heterocycles. The molecule has 0 amide bonds. The standard InChI is InChI=1S/C19H24N2O4.ClH/c1-3-24-19(22)18-9-8-14(25-18)13-21-11-10-20-12-16(21)15-6-4-5-7-17(15)23-2;/h4-9,16,20H,3,10-13H2,1-2H3;1H. The number of nitrogens with one attached hydrogen (secondary N) is 1. The molecule has 1 aliphatic heterocycles. The number of methoxy groups -OCH3 is 1. The van der Waals surface area contributed by atoms with E-state index in [0.29, 0.717) is 13.2 Å². The van der Waals surface area contributed by atoms with Crippen molar-refractivity contribution in [2.75, 3.05) is 33.4 Å². The molecule has 2 aromatic rings. The third kappa shape index (κ3) is 4.58. The summed E-state index contributed by atoms with van der Waals surface area (Å²) in [7, 11) is 1.69. The van der Waals surface area contributed by atoms with E-state index in [-0.39, 0.29) is 24.2 Å². The van der Waals surface area contributed by atoms with E-state index in [1.807, 2.05) is 24.3 Å². The summed E-state index contributed by atoms with van der Waals surface area (Å²) < 4.78 is 16.2. The number of nitrogens with zero attached hydrogens (tertiary/aromatic N) is 1. The van der Waals surface area contributed by atoms with Crippen LogP contribution in [0.4, 0.5) is 0 Å². The van der Waals surface area contributed by atoms with Gasteiger partial charge in [0.2, 0.25) is 5.76 Å². The zero-order chi connectivity index (χ0) is 17.6. The molecule has 0 bridgehead atoms. The van der Waals surface area contributed by atoms with Crippen molar-refractivity contribution >= 4 is 18.4 Å². The third-order valence-electron chi connectivity index (χ3n) is 4.35. The van der Waals surface area contributed by atoms with Crippen molar-refractivity contribution in [2.45, 2.75) is 19.5 Å². The Morgan fingerprint density at radius 3 is 2.88 bits per heavy atom. The maximum atomic E-state index is 11.8. The lowest BCUT2D eigenvalue weighted by molar-refractivity contribution is 0.0484. The molecule has 142 valence electrons. The Morgan fingerprint density at radius 2 is 2.12 bits per heavy atom. The van der Waals surface area contributed by atoms with E-state index in [4.69, 9.17) is 13.9 Å². The van der Waals surface area contributed by atoms with Crippen LogP contribution in [-0.2, 0) is 11.3 Å². The molecule has 1 unspecified atom stereocenters. The summed E-state index contributed by atoms with van der Waals surface area (Å²) in [6.45, 7) is 5.38. The third-order valence-corrected chi connectivity index (χ3v) is 4.35. The second-order valence-corrected chi connectivity index (χ2v) is 5.92. The smallest absolute Gasteiger partial charge is 0.374 e. The Kier molecular flexibility index (Phi) is 7.50. The summed E-state index contributed by atoms with van der Waals surface area (Å²) in [6.07, 6.45) is 0. The highest BCUT2D eigenvalue weighted by Gasteiger charge is 2.27. The van der Waals surface area contributed by atoms with E-state index < -0.39 is 5.97 Å². The van der Waals surface area contributed by atoms with Crippen molar-refractivity contribution in [1.82, 2.24) is 10.2 Å². The van der Waals surface area contributed by atoms with Crippen LogP contribution in [0, 0.1) is 0 Å². The number of carbonyl (C=O) groups is 1. The van der Waals surface area contributed by atoms with Crippen LogP contribution >= 0.6 is 12.4 Å². The zero-order valence-electron chi connectivity index (χ0n) is 15.1. The number of rotatable bonds is 6. The van der Waals surface area contributed by atoms with Crippen molar-refractivity contribution in [1.29, 1.82) is 0 Å². The van der Waals surface area contributed by atoms with E-state index in [9.17, 15) is 4.79 Å². The number of halogens is 1. The molecule has 0 aliphatic carbocycles. The SMILES string of the molecule is CCOC(=O)c1ccc(CN2CCNCC2c2ccccc2OC)o1.Cl. The average molecular weight is 381 g/mol. The molecule has 0 spiro atoms. The zero-order valence-corrected chi connectivity index (χ0v) is 15.9. The number of piperazine rings is 1. The highest BCUT2D eigenvalue weighted by Crippen LogP contribution is 2.31. The van der Waals surface area contributed by atoms with Crippen LogP contribution in [-0.4, -0.2) is 44.2 Å². The highest BCUT2D eigenvalue weighted by molar-refractivity contribution is 5.86. The fourth-order valence-corrected chi connectivity index (χ4v) is 3.16. The number of ether oxygens (including phenoxy) is 2. The lowest BCUT2D eigenvalue weighted by Gasteiger charge is -2.36. The molecule has 3 rings (SSSR count). The highest BCUT2D eigenvalue weighted by atomic mass is 35.5. The minimum Gasteiger partial charge on any atom is -0.496 e. The van der Waals surface area contributed by atoms with Gasteiger partial charge in [0.25, 0.3) is 0 Å². The molecule has 1 N–H and O–H groups in total. The van der Waals surface area contributed by atoms with Crippen LogP contribution in [0.5, 0.6) is 5.75 Å². The van der Waals surface area contributed by atoms with Crippen molar-refractivity contribution in [2.24, 2.45) is 0 Å². The number of carbonyl (C=O) groups excluding carboxylic acids is 1. The quantitative estimate of drug-likeness (QED) is 0.777. The van der Waals surface area contributed by atoms with Gasteiger partial charge in [-0.2, -0.15) is 0 Å². The van der Waals surface area contributed by atoms with Crippen molar-refractivity contribution in [3.63, 3.8) is 0 Å². The molecule has 1 fully saturated rings. The van der Waals surface area contributed by atoms with Crippen molar-refractivity contribution < 1.29 is 18.7 Å². The van der Waals surface area contributed by atoms with Crippen molar-refractivity contribution in [3.05, 3.63) is 53.5 Å². The van der Waals surface area contributed by atoms with Crippen LogP contribution < -0.4 is 10.1 Å². The van der Waals surface area contributed by atoms with E-state index >= 15 is 0 Å². The van der Waals surface area contributed by atoms with Gasteiger partial charge in [0.05, 0.1) is 26.3 Å². The van der Waals surface area contributed by atoms with Crippen LogP contribution in [0.1, 0.15) is 34.8 Å². The number of hydrogen-bond donors (Lipinski definition) is 1. The largest absolute Gasteiger partial charge is 0.496 e.